The Kier molecular flexibility index (Phi) is 8.26. The van der Waals surface area contributed by atoms with Crippen LogP contribution in [0.3, 0.4) is 0 Å². The summed E-state index contributed by atoms with van der Waals surface area (Å²) in [6.45, 7) is 0.223. The standard InChI is InChI=1S/C9H9F5N.C2F6NO4S2/c1-7-3-2-4-15(5-7)6-8(10,11)9(12,13)14;3-1(4,5)14(10,11)9-15(12,13)2(6,7)8/h2-5H,6H2,1H3;/q+1;-1. The second kappa shape index (κ2) is 8.77. The summed E-state index contributed by atoms with van der Waals surface area (Å²) >= 11 is 0. The number of alkyl halides is 11. The first-order valence-corrected chi connectivity index (χ1v) is 9.58. The number of nitrogens with zero attached hydrogens (tertiary/aromatic N) is 2. The fourth-order valence-corrected chi connectivity index (χ4v) is 2.99. The highest BCUT2D eigenvalue weighted by molar-refractivity contribution is 8.13. The Morgan fingerprint density at radius 1 is 0.833 bits per heavy atom. The number of sulfonamides is 2. The molecule has 1 rings (SSSR count). The largest absolute Gasteiger partial charge is 0.480 e. The lowest BCUT2D eigenvalue weighted by atomic mass is 10.3. The molecule has 0 bridgehead atoms. The van der Waals surface area contributed by atoms with Gasteiger partial charge < -0.3 is 4.13 Å². The number of hydrogen-bond donors (Lipinski definition) is 0. The van der Waals surface area contributed by atoms with Gasteiger partial charge in [-0.25, -0.2) is 16.8 Å². The second-order valence-electron chi connectivity index (χ2n) is 5.17. The lowest BCUT2D eigenvalue weighted by molar-refractivity contribution is -0.719. The van der Waals surface area contributed by atoms with Gasteiger partial charge in [0.05, 0.1) is 0 Å². The lowest BCUT2D eigenvalue weighted by Crippen LogP contribution is -2.50. The van der Waals surface area contributed by atoms with Gasteiger partial charge in [-0.2, -0.15) is 52.9 Å². The average Bonchev–Trinajstić information content (AvgIpc) is 2.42. The van der Waals surface area contributed by atoms with Crippen LogP contribution >= 0.6 is 0 Å². The zero-order valence-electron chi connectivity index (χ0n) is 14.0. The van der Waals surface area contributed by atoms with E-state index in [0.717, 1.165) is 8.69 Å². The minimum atomic E-state index is -6.72. The first kappa shape index (κ1) is 28.2. The minimum Gasteiger partial charge on any atom is -0.421 e. The van der Waals surface area contributed by atoms with Crippen molar-refractivity contribution in [3.63, 3.8) is 0 Å². The second-order valence-corrected chi connectivity index (χ2v) is 8.59. The quantitative estimate of drug-likeness (QED) is 0.462. The molecule has 0 spiro atoms. The molecule has 0 aliphatic rings. The first-order valence-electron chi connectivity index (χ1n) is 6.70. The van der Waals surface area contributed by atoms with Gasteiger partial charge in [0.1, 0.15) is 0 Å². The smallest absolute Gasteiger partial charge is 0.421 e. The molecule has 0 aromatic carbocycles. The summed E-state index contributed by atoms with van der Waals surface area (Å²) in [5.41, 5.74) is -11.8. The SMILES string of the molecule is Cc1ccc[n+](CC(F)(F)C(F)(F)F)c1.O=S(=O)([N-]S(=O)(=O)C(F)(F)F)C(F)(F)F. The monoisotopic (exact) mass is 506 g/mol. The molecule has 0 aliphatic carbocycles. The van der Waals surface area contributed by atoms with Crippen LogP contribution in [-0.4, -0.2) is 40.0 Å². The molecule has 0 saturated heterocycles. The fourth-order valence-electron chi connectivity index (χ4n) is 1.28. The van der Waals surface area contributed by atoms with Crippen molar-refractivity contribution in [3.05, 3.63) is 34.2 Å². The average molecular weight is 506 g/mol. The van der Waals surface area contributed by atoms with Crippen molar-refractivity contribution in [1.29, 1.82) is 0 Å². The van der Waals surface area contributed by atoms with Crippen molar-refractivity contribution in [2.45, 2.75) is 36.6 Å². The topological polar surface area (TPSA) is 86.3 Å². The summed E-state index contributed by atoms with van der Waals surface area (Å²) in [7, 11) is -13.4. The summed E-state index contributed by atoms with van der Waals surface area (Å²) in [6.07, 6.45) is -3.10. The van der Waals surface area contributed by atoms with E-state index in [1.807, 2.05) is 0 Å². The van der Waals surface area contributed by atoms with Crippen molar-refractivity contribution in [3.8, 4) is 0 Å². The van der Waals surface area contributed by atoms with E-state index in [2.05, 4.69) is 0 Å². The Morgan fingerprint density at radius 3 is 1.53 bits per heavy atom. The van der Waals surface area contributed by atoms with E-state index in [4.69, 9.17) is 0 Å². The number of rotatable bonds is 4. The van der Waals surface area contributed by atoms with Crippen LogP contribution in [0.4, 0.5) is 48.3 Å². The van der Waals surface area contributed by atoms with Crippen LogP contribution < -0.4 is 4.57 Å². The third-order valence-corrected chi connectivity index (χ3v) is 5.32. The molecular weight excluding hydrogens is 497 g/mol. The number of aromatic nitrogens is 1. The molecule has 176 valence electrons. The van der Waals surface area contributed by atoms with Gasteiger partial charge in [0.15, 0.2) is 32.4 Å². The maximum absolute atomic E-state index is 12.6. The molecule has 0 atom stereocenters. The summed E-state index contributed by atoms with van der Waals surface area (Å²) in [5, 5.41) is 0. The zero-order valence-corrected chi connectivity index (χ0v) is 15.7. The van der Waals surface area contributed by atoms with E-state index in [1.54, 1.807) is 13.0 Å². The Balaban J connectivity index is 0.000000561. The van der Waals surface area contributed by atoms with Crippen LogP contribution in [0.25, 0.3) is 4.13 Å². The van der Waals surface area contributed by atoms with Crippen LogP contribution in [0.1, 0.15) is 5.56 Å². The molecule has 0 N–H and O–H groups in total. The summed E-state index contributed by atoms with van der Waals surface area (Å²) in [5.74, 6) is -4.70. The normalized spacial score (nSPS) is 14.1. The van der Waals surface area contributed by atoms with Crippen LogP contribution in [0, 0.1) is 6.92 Å². The number of halogens is 11. The molecule has 1 heterocycles. The van der Waals surface area contributed by atoms with Gasteiger partial charge in [0.25, 0.3) is 0 Å². The Bertz CT molecular complexity index is 893. The Morgan fingerprint density at radius 2 is 1.23 bits per heavy atom. The van der Waals surface area contributed by atoms with E-state index >= 15 is 0 Å². The maximum Gasteiger partial charge on any atom is 0.480 e. The number of pyridine rings is 1. The van der Waals surface area contributed by atoms with Crippen molar-refractivity contribution in [2.24, 2.45) is 0 Å². The van der Waals surface area contributed by atoms with E-state index < -0.39 is 49.7 Å². The fraction of sp³-hybridized carbons (Fsp3) is 0.545. The molecule has 0 unspecified atom stereocenters. The Labute approximate surface area is 161 Å². The molecule has 0 fully saturated rings. The molecule has 19 heteroatoms. The first-order chi connectivity index (χ1) is 12.9. The molecule has 1 aromatic heterocycles. The highest BCUT2D eigenvalue weighted by Gasteiger charge is 2.60. The summed E-state index contributed by atoms with van der Waals surface area (Å²) in [6, 6.07) is 3.03. The molecule has 0 saturated carbocycles. The molecule has 6 nitrogen and oxygen atoms in total. The van der Waals surface area contributed by atoms with Gasteiger partial charge >= 0.3 is 23.1 Å². The number of hydrogen-bond acceptors (Lipinski definition) is 4. The van der Waals surface area contributed by atoms with Crippen molar-refractivity contribution in [1.82, 2.24) is 0 Å². The maximum atomic E-state index is 12.6. The highest BCUT2D eigenvalue weighted by atomic mass is 32.3. The van der Waals surface area contributed by atoms with Gasteiger partial charge in [-0.15, -0.1) is 0 Å². The third-order valence-electron chi connectivity index (χ3n) is 2.58. The van der Waals surface area contributed by atoms with Gasteiger partial charge in [0.2, 0.25) is 6.54 Å². The summed E-state index contributed by atoms with van der Waals surface area (Å²) in [4.78, 5) is 0. The van der Waals surface area contributed by atoms with Crippen LogP contribution in [0.15, 0.2) is 24.5 Å². The molecule has 0 amide bonds. The van der Waals surface area contributed by atoms with Gasteiger partial charge in [-0.1, -0.05) is 0 Å². The van der Waals surface area contributed by atoms with Crippen LogP contribution in [0.5, 0.6) is 0 Å². The highest BCUT2D eigenvalue weighted by Crippen LogP contribution is 2.36. The number of aryl methyl sites for hydroxylation is 1. The predicted molar refractivity (Wildman–Crippen MR) is 75.7 cm³/mol. The minimum absolute atomic E-state index is 0.621. The molecular formula is C11H9F11N2O4S2. The molecule has 30 heavy (non-hydrogen) atoms. The molecule has 0 aliphatic heterocycles. The van der Waals surface area contributed by atoms with E-state index in [9.17, 15) is 65.1 Å². The third kappa shape index (κ3) is 7.82. The van der Waals surface area contributed by atoms with Gasteiger partial charge in [-0.3, -0.25) is 0 Å². The van der Waals surface area contributed by atoms with Crippen molar-refractivity contribution >= 4 is 20.0 Å². The van der Waals surface area contributed by atoms with Crippen LogP contribution in [-0.2, 0) is 26.6 Å². The molecule has 0 radical (unpaired) electrons. The van der Waals surface area contributed by atoms with Crippen molar-refractivity contribution in [2.75, 3.05) is 0 Å². The summed E-state index contributed by atoms with van der Waals surface area (Å²) < 4.78 is 171. The van der Waals surface area contributed by atoms with E-state index in [1.165, 1.54) is 18.5 Å². The lowest BCUT2D eigenvalue weighted by Gasteiger charge is -2.22. The van der Waals surface area contributed by atoms with Crippen molar-refractivity contribution < 1.29 is 69.7 Å². The van der Waals surface area contributed by atoms with E-state index in [-0.39, 0.29) is 0 Å². The Hall–Kier alpha value is -1.76. The molecule has 1 aromatic rings. The van der Waals surface area contributed by atoms with E-state index in [0.29, 0.717) is 5.56 Å². The van der Waals surface area contributed by atoms with Crippen LogP contribution in [0.2, 0.25) is 0 Å². The predicted octanol–water partition coefficient (Wildman–Crippen LogP) is 3.54. The zero-order chi connectivity index (χ0) is 24.4. The van der Waals surface area contributed by atoms with Gasteiger partial charge in [-0.05, 0) is 13.0 Å². The van der Waals surface area contributed by atoms with Gasteiger partial charge in [0, 0.05) is 11.6 Å².